The molecule has 0 saturated carbocycles. The van der Waals surface area contributed by atoms with E-state index in [0.29, 0.717) is 24.6 Å². The van der Waals surface area contributed by atoms with Crippen LogP contribution >= 0.6 is 0 Å². The van der Waals surface area contributed by atoms with Gasteiger partial charge in [0.25, 0.3) is 0 Å². The van der Waals surface area contributed by atoms with Crippen molar-refractivity contribution >= 4 is 11.9 Å². The highest BCUT2D eigenvalue weighted by atomic mass is 16.6. The van der Waals surface area contributed by atoms with Crippen LogP contribution in [0.2, 0.25) is 0 Å². The molecule has 22 heavy (non-hydrogen) atoms. The predicted molar refractivity (Wildman–Crippen MR) is 82.8 cm³/mol. The minimum Gasteiger partial charge on any atom is -0.444 e. The van der Waals surface area contributed by atoms with E-state index in [4.69, 9.17) is 4.74 Å². The van der Waals surface area contributed by atoms with Crippen LogP contribution in [-0.2, 0) is 11.3 Å². The Kier molecular flexibility index (Phi) is 4.88. The maximum absolute atomic E-state index is 12.0. The van der Waals surface area contributed by atoms with Crippen molar-refractivity contribution in [3.63, 3.8) is 0 Å². The number of likely N-dealkylation sites (tertiary alicyclic amines) is 1. The second-order valence-electron chi connectivity index (χ2n) is 6.92. The molecule has 1 amide bonds. The van der Waals surface area contributed by atoms with Crippen LogP contribution in [0.4, 0.5) is 4.79 Å². The monoisotopic (exact) mass is 307 g/mol. The van der Waals surface area contributed by atoms with Gasteiger partial charge < -0.3 is 9.64 Å². The third kappa shape index (κ3) is 4.58. The van der Waals surface area contributed by atoms with Gasteiger partial charge in [-0.05, 0) is 46.5 Å². The zero-order chi connectivity index (χ0) is 16.3. The number of carbonyl (C=O) groups excluding carboxylic acids is 2. The molecule has 0 atom stereocenters. The van der Waals surface area contributed by atoms with Crippen LogP contribution in [0.15, 0.2) is 12.4 Å². The summed E-state index contributed by atoms with van der Waals surface area (Å²) in [6.07, 6.45) is 5.02. The molecule has 2 heterocycles. The highest BCUT2D eigenvalue weighted by Crippen LogP contribution is 2.21. The van der Waals surface area contributed by atoms with Gasteiger partial charge in [-0.3, -0.25) is 9.48 Å². The number of rotatable bonds is 3. The van der Waals surface area contributed by atoms with Crippen LogP contribution in [0, 0.1) is 5.92 Å². The normalized spacial score (nSPS) is 16.6. The Hall–Kier alpha value is -1.85. The molecule has 0 N–H and O–H groups in total. The van der Waals surface area contributed by atoms with Gasteiger partial charge in [0.2, 0.25) is 0 Å². The van der Waals surface area contributed by atoms with Gasteiger partial charge in [-0.25, -0.2) is 4.79 Å². The summed E-state index contributed by atoms with van der Waals surface area (Å²) in [5, 5.41) is 4.22. The van der Waals surface area contributed by atoms with E-state index in [1.54, 1.807) is 24.2 Å². The average Bonchev–Trinajstić information content (AvgIpc) is 2.86. The van der Waals surface area contributed by atoms with E-state index in [1.807, 2.05) is 25.5 Å². The van der Waals surface area contributed by atoms with Crippen molar-refractivity contribution in [2.24, 2.45) is 5.92 Å². The second-order valence-corrected chi connectivity index (χ2v) is 6.92. The van der Waals surface area contributed by atoms with Crippen molar-refractivity contribution in [3.05, 3.63) is 18.0 Å². The van der Waals surface area contributed by atoms with Crippen molar-refractivity contribution in [1.29, 1.82) is 0 Å². The van der Waals surface area contributed by atoms with Crippen molar-refractivity contribution < 1.29 is 14.3 Å². The molecule has 0 aromatic carbocycles. The number of Topliss-reactive ketones (excluding diaryl/α,β-unsaturated/α-hetero) is 1. The number of nitrogens with zero attached hydrogens (tertiary/aromatic N) is 3. The van der Waals surface area contributed by atoms with E-state index in [-0.39, 0.29) is 11.9 Å². The lowest BCUT2D eigenvalue weighted by atomic mass is 9.97. The van der Waals surface area contributed by atoms with Crippen LogP contribution < -0.4 is 0 Å². The summed E-state index contributed by atoms with van der Waals surface area (Å²) in [4.78, 5) is 25.0. The SMILES string of the molecule is CC(=O)c1cnn(CC2CCN(C(=O)OC(C)(C)C)CC2)c1. The lowest BCUT2D eigenvalue weighted by Gasteiger charge is -2.33. The number of amides is 1. The summed E-state index contributed by atoms with van der Waals surface area (Å²) >= 11 is 0. The van der Waals surface area contributed by atoms with Crippen LogP contribution in [0.25, 0.3) is 0 Å². The van der Waals surface area contributed by atoms with Gasteiger partial charge in [0, 0.05) is 25.8 Å². The Balaban J connectivity index is 1.81. The first-order valence-electron chi connectivity index (χ1n) is 7.76. The highest BCUT2D eigenvalue weighted by Gasteiger charge is 2.27. The third-order valence-corrected chi connectivity index (χ3v) is 3.75. The molecular formula is C16H25N3O3. The van der Waals surface area contributed by atoms with Crippen molar-refractivity contribution in [2.75, 3.05) is 13.1 Å². The quantitative estimate of drug-likeness (QED) is 0.805. The molecule has 6 heteroatoms. The molecule has 1 aromatic rings. The van der Waals surface area contributed by atoms with Gasteiger partial charge in [-0.15, -0.1) is 0 Å². The molecule has 1 aromatic heterocycles. The minimum atomic E-state index is -0.452. The molecule has 122 valence electrons. The van der Waals surface area contributed by atoms with E-state index in [2.05, 4.69) is 5.10 Å². The predicted octanol–water partition coefficient (Wildman–Crippen LogP) is 2.73. The molecule has 6 nitrogen and oxygen atoms in total. The lowest BCUT2D eigenvalue weighted by Crippen LogP contribution is -2.42. The molecule has 0 aliphatic carbocycles. The fraction of sp³-hybridized carbons (Fsp3) is 0.688. The molecule has 0 spiro atoms. The van der Waals surface area contributed by atoms with E-state index >= 15 is 0 Å². The van der Waals surface area contributed by atoms with Gasteiger partial charge in [-0.2, -0.15) is 5.10 Å². The Morgan fingerprint density at radius 2 is 1.95 bits per heavy atom. The molecule has 0 radical (unpaired) electrons. The summed E-state index contributed by atoms with van der Waals surface area (Å²) in [5.41, 5.74) is 0.192. The standard InChI is InChI=1S/C16H25N3O3/c1-12(20)14-9-17-19(11-14)10-13-5-7-18(8-6-13)15(21)22-16(2,3)4/h9,11,13H,5-8,10H2,1-4H3. The van der Waals surface area contributed by atoms with Gasteiger partial charge in [0.15, 0.2) is 5.78 Å². The zero-order valence-electron chi connectivity index (χ0n) is 13.8. The first kappa shape index (κ1) is 16.5. The summed E-state index contributed by atoms with van der Waals surface area (Å²) in [5.74, 6) is 0.504. The summed E-state index contributed by atoms with van der Waals surface area (Å²) in [6, 6.07) is 0. The van der Waals surface area contributed by atoms with Gasteiger partial charge >= 0.3 is 6.09 Å². The molecule has 1 aliphatic heterocycles. The minimum absolute atomic E-state index is 0.0333. The number of hydrogen-bond acceptors (Lipinski definition) is 4. The largest absolute Gasteiger partial charge is 0.444 e. The van der Waals surface area contributed by atoms with E-state index in [9.17, 15) is 9.59 Å². The van der Waals surface area contributed by atoms with Gasteiger partial charge in [0.1, 0.15) is 5.60 Å². The smallest absolute Gasteiger partial charge is 0.410 e. The van der Waals surface area contributed by atoms with E-state index < -0.39 is 5.60 Å². The Labute approximate surface area is 131 Å². The van der Waals surface area contributed by atoms with Crippen LogP contribution in [0.3, 0.4) is 0 Å². The second kappa shape index (κ2) is 6.50. The Bertz CT molecular complexity index is 537. The number of aromatic nitrogens is 2. The zero-order valence-corrected chi connectivity index (χ0v) is 13.8. The number of ketones is 1. The molecule has 0 unspecified atom stereocenters. The maximum atomic E-state index is 12.0. The molecule has 1 fully saturated rings. The summed E-state index contributed by atoms with van der Waals surface area (Å²) < 4.78 is 7.22. The van der Waals surface area contributed by atoms with E-state index in [1.165, 1.54) is 0 Å². The third-order valence-electron chi connectivity index (χ3n) is 3.75. The number of carbonyl (C=O) groups is 2. The molecule has 2 rings (SSSR count). The summed E-state index contributed by atoms with van der Waals surface area (Å²) in [6.45, 7) is 9.38. The van der Waals surface area contributed by atoms with Crippen molar-refractivity contribution in [3.8, 4) is 0 Å². The topological polar surface area (TPSA) is 64.4 Å². The van der Waals surface area contributed by atoms with E-state index in [0.717, 1.165) is 19.4 Å². The Morgan fingerprint density at radius 1 is 1.32 bits per heavy atom. The van der Waals surface area contributed by atoms with Crippen molar-refractivity contribution in [1.82, 2.24) is 14.7 Å². The van der Waals surface area contributed by atoms with Crippen LogP contribution in [0.1, 0.15) is 50.9 Å². The lowest BCUT2D eigenvalue weighted by molar-refractivity contribution is 0.0177. The molecule has 1 aliphatic rings. The molecular weight excluding hydrogens is 282 g/mol. The van der Waals surface area contributed by atoms with Crippen LogP contribution in [-0.4, -0.2) is 45.2 Å². The first-order chi connectivity index (χ1) is 10.2. The number of piperidine rings is 1. The average molecular weight is 307 g/mol. The molecule has 0 bridgehead atoms. The first-order valence-corrected chi connectivity index (χ1v) is 7.76. The van der Waals surface area contributed by atoms with Crippen LogP contribution in [0.5, 0.6) is 0 Å². The van der Waals surface area contributed by atoms with Gasteiger partial charge in [-0.1, -0.05) is 0 Å². The van der Waals surface area contributed by atoms with Gasteiger partial charge in [0.05, 0.1) is 11.8 Å². The summed E-state index contributed by atoms with van der Waals surface area (Å²) in [7, 11) is 0. The molecule has 1 saturated heterocycles. The van der Waals surface area contributed by atoms with Crippen molar-refractivity contribution in [2.45, 2.75) is 52.7 Å². The maximum Gasteiger partial charge on any atom is 0.410 e. The number of hydrogen-bond donors (Lipinski definition) is 0. The fourth-order valence-electron chi connectivity index (χ4n) is 2.53. The highest BCUT2D eigenvalue weighted by molar-refractivity contribution is 5.93. The number of ether oxygens (including phenoxy) is 1. The Morgan fingerprint density at radius 3 is 2.45 bits per heavy atom. The fourth-order valence-corrected chi connectivity index (χ4v) is 2.53.